The van der Waals surface area contributed by atoms with E-state index in [4.69, 9.17) is 24.7 Å². The molecule has 158 valence electrons. The summed E-state index contributed by atoms with van der Waals surface area (Å²) in [6.07, 6.45) is -0.358. The zero-order valence-corrected chi connectivity index (χ0v) is 16.9. The molecule has 0 fully saturated rings. The Bertz CT molecular complexity index is 939. The van der Waals surface area contributed by atoms with Gasteiger partial charge in [0.2, 0.25) is 5.88 Å². The highest BCUT2D eigenvalue weighted by molar-refractivity contribution is 5.93. The zero-order chi connectivity index (χ0) is 22.3. The fraction of sp³-hybridized carbons (Fsp3) is 0.333. The lowest BCUT2D eigenvalue weighted by atomic mass is 9.82. The van der Waals surface area contributed by atoms with E-state index in [1.807, 2.05) is 6.07 Å². The molecule has 0 radical (unpaired) electrons. The Morgan fingerprint density at radius 3 is 2.30 bits per heavy atom. The van der Waals surface area contributed by atoms with Gasteiger partial charge in [-0.3, -0.25) is 9.59 Å². The Hall–Kier alpha value is -3.80. The highest BCUT2D eigenvalue weighted by Gasteiger charge is 2.38. The van der Waals surface area contributed by atoms with Crippen LogP contribution in [0.1, 0.15) is 38.7 Å². The second-order valence-electron chi connectivity index (χ2n) is 6.13. The lowest BCUT2D eigenvalue weighted by Crippen LogP contribution is -2.27. The predicted molar refractivity (Wildman–Crippen MR) is 103 cm³/mol. The summed E-state index contributed by atoms with van der Waals surface area (Å²) in [5.74, 6) is -2.76. The van der Waals surface area contributed by atoms with Crippen molar-refractivity contribution in [2.45, 2.75) is 33.1 Å². The number of nitrogens with two attached hydrogens (primary N) is 1. The molecule has 0 saturated carbocycles. The quantitative estimate of drug-likeness (QED) is 0.525. The standard InChI is InChI=1S/C21H22N2O7/c1-4-27-17(25)10-16-19(21(26)28-5-2)18(15(11-22)20(23)30-16)13-6-8-14(9-7-13)29-12(3)24/h6-9,18H,4-5,10,23H2,1-3H3. The molecule has 0 aromatic heterocycles. The van der Waals surface area contributed by atoms with Crippen LogP contribution in [0.2, 0.25) is 0 Å². The maximum atomic E-state index is 12.8. The molecule has 1 heterocycles. The summed E-state index contributed by atoms with van der Waals surface area (Å²) in [4.78, 5) is 35.9. The summed E-state index contributed by atoms with van der Waals surface area (Å²) >= 11 is 0. The van der Waals surface area contributed by atoms with E-state index < -0.39 is 23.8 Å². The third kappa shape index (κ3) is 5.17. The summed E-state index contributed by atoms with van der Waals surface area (Å²) < 4.78 is 20.6. The second kappa shape index (κ2) is 10.1. The minimum atomic E-state index is -0.932. The first-order valence-corrected chi connectivity index (χ1v) is 9.24. The number of nitriles is 1. The van der Waals surface area contributed by atoms with Gasteiger partial charge in [-0.2, -0.15) is 5.26 Å². The second-order valence-corrected chi connectivity index (χ2v) is 6.13. The Labute approximate surface area is 173 Å². The van der Waals surface area contributed by atoms with Crippen LogP contribution in [0.25, 0.3) is 0 Å². The Morgan fingerprint density at radius 2 is 1.77 bits per heavy atom. The lowest BCUT2D eigenvalue weighted by Gasteiger charge is -2.28. The molecule has 9 nitrogen and oxygen atoms in total. The summed E-state index contributed by atoms with van der Waals surface area (Å²) in [6.45, 7) is 4.78. The molecule has 0 saturated heterocycles. The van der Waals surface area contributed by atoms with E-state index in [2.05, 4.69) is 0 Å². The number of ether oxygens (including phenoxy) is 4. The van der Waals surface area contributed by atoms with Crippen molar-refractivity contribution in [3.8, 4) is 11.8 Å². The fourth-order valence-corrected chi connectivity index (χ4v) is 2.95. The van der Waals surface area contributed by atoms with Crippen LogP contribution in [0.15, 0.2) is 47.1 Å². The molecule has 1 aliphatic rings. The zero-order valence-electron chi connectivity index (χ0n) is 16.9. The number of benzene rings is 1. The maximum absolute atomic E-state index is 12.8. The van der Waals surface area contributed by atoms with Gasteiger partial charge in [0.1, 0.15) is 29.6 Å². The molecule has 1 unspecified atom stereocenters. The van der Waals surface area contributed by atoms with Crippen LogP contribution in [0.5, 0.6) is 5.75 Å². The van der Waals surface area contributed by atoms with Gasteiger partial charge in [0.05, 0.1) is 24.7 Å². The van der Waals surface area contributed by atoms with Crippen molar-refractivity contribution >= 4 is 17.9 Å². The van der Waals surface area contributed by atoms with E-state index in [9.17, 15) is 19.6 Å². The van der Waals surface area contributed by atoms with Crippen molar-refractivity contribution in [1.29, 1.82) is 5.26 Å². The fourth-order valence-electron chi connectivity index (χ4n) is 2.95. The summed E-state index contributed by atoms with van der Waals surface area (Å²) in [5, 5.41) is 9.65. The van der Waals surface area contributed by atoms with Gasteiger partial charge in [-0.1, -0.05) is 12.1 Å². The molecule has 9 heteroatoms. The van der Waals surface area contributed by atoms with Crippen molar-refractivity contribution in [2.24, 2.45) is 5.73 Å². The normalized spacial score (nSPS) is 15.7. The van der Waals surface area contributed by atoms with Gasteiger partial charge < -0.3 is 24.7 Å². The summed E-state index contributed by atoms with van der Waals surface area (Å²) in [5.41, 5.74) is 6.39. The first-order valence-electron chi connectivity index (χ1n) is 9.24. The summed E-state index contributed by atoms with van der Waals surface area (Å²) in [7, 11) is 0. The van der Waals surface area contributed by atoms with Gasteiger partial charge >= 0.3 is 17.9 Å². The lowest BCUT2D eigenvalue weighted by molar-refractivity contribution is -0.143. The first-order chi connectivity index (χ1) is 14.3. The number of nitrogens with zero attached hydrogens (tertiary/aromatic N) is 1. The molecular weight excluding hydrogens is 392 g/mol. The van der Waals surface area contributed by atoms with E-state index >= 15 is 0 Å². The topological polar surface area (TPSA) is 138 Å². The number of allylic oxidation sites excluding steroid dienone is 1. The summed E-state index contributed by atoms with van der Waals surface area (Å²) in [6, 6.07) is 8.17. The van der Waals surface area contributed by atoms with E-state index in [0.717, 1.165) is 0 Å². The molecule has 1 aromatic rings. The van der Waals surface area contributed by atoms with Gasteiger partial charge in [0, 0.05) is 6.92 Å². The van der Waals surface area contributed by atoms with Crippen LogP contribution in [0, 0.1) is 11.3 Å². The van der Waals surface area contributed by atoms with Crippen molar-refractivity contribution < 1.29 is 33.3 Å². The molecule has 0 amide bonds. The Kier molecular flexibility index (Phi) is 7.58. The Balaban J connectivity index is 2.58. The van der Waals surface area contributed by atoms with Gasteiger partial charge in [-0.15, -0.1) is 0 Å². The monoisotopic (exact) mass is 414 g/mol. The van der Waals surface area contributed by atoms with Crippen LogP contribution in [0.3, 0.4) is 0 Å². The van der Waals surface area contributed by atoms with Crippen LogP contribution in [-0.2, 0) is 28.6 Å². The minimum Gasteiger partial charge on any atom is -0.466 e. The highest BCUT2D eigenvalue weighted by Crippen LogP contribution is 2.41. The maximum Gasteiger partial charge on any atom is 0.338 e. The predicted octanol–water partition coefficient (Wildman–Crippen LogP) is 2.19. The number of rotatable bonds is 7. The third-order valence-electron chi connectivity index (χ3n) is 4.08. The van der Waals surface area contributed by atoms with Crippen LogP contribution < -0.4 is 10.5 Å². The van der Waals surface area contributed by atoms with Crippen molar-refractivity contribution in [2.75, 3.05) is 13.2 Å². The molecular formula is C21H22N2O7. The molecule has 30 heavy (non-hydrogen) atoms. The Morgan fingerprint density at radius 1 is 1.13 bits per heavy atom. The average molecular weight is 414 g/mol. The van der Waals surface area contributed by atoms with Crippen molar-refractivity contribution in [3.05, 3.63) is 52.6 Å². The van der Waals surface area contributed by atoms with Crippen LogP contribution in [0.4, 0.5) is 0 Å². The van der Waals surface area contributed by atoms with E-state index in [-0.39, 0.29) is 42.4 Å². The van der Waals surface area contributed by atoms with E-state index in [0.29, 0.717) is 11.3 Å². The van der Waals surface area contributed by atoms with Crippen LogP contribution in [-0.4, -0.2) is 31.1 Å². The SMILES string of the molecule is CCOC(=O)CC1=C(C(=O)OCC)C(c2ccc(OC(C)=O)cc2)C(C#N)=C(N)O1. The van der Waals surface area contributed by atoms with Crippen molar-refractivity contribution in [1.82, 2.24) is 0 Å². The molecule has 0 bridgehead atoms. The number of hydrogen-bond donors (Lipinski definition) is 1. The number of carbonyl (C=O) groups is 3. The smallest absolute Gasteiger partial charge is 0.338 e. The third-order valence-corrected chi connectivity index (χ3v) is 4.08. The molecule has 0 aliphatic carbocycles. The van der Waals surface area contributed by atoms with Gasteiger partial charge in [-0.05, 0) is 31.5 Å². The molecule has 0 spiro atoms. The number of hydrogen-bond acceptors (Lipinski definition) is 9. The van der Waals surface area contributed by atoms with Gasteiger partial charge in [-0.25, -0.2) is 4.79 Å². The van der Waals surface area contributed by atoms with Crippen molar-refractivity contribution in [3.63, 3.8) is 0 Å². The van der Waals surface area contributed by atoms with Crippen LogP contribution >= 0.6 is 0 Å². The molecule has 1 atom stereocenters. The van der Waals surface area contributed by atoms with E-state index in [1.165, 1.54) is 19.1 Å². The average Bonchev–Trinajstić information content (AvgIpc) is 2.68. The highest BCUT2D eigenvalue weighted by atomic mass is 16.5. The minimum absolute atomic E-state index is 0.00843. The van der Waals surface area contributed by atoms with Gasteiger partial charge in [0.25, 0.3) is 0 Å². The first kappa shape index (κ1) is 22.5. The number of carbonyl (C=O) groups excluding carboxylic acids is 3. The molecule has 2 N–H and O–H groups in total. The van der Waals surface area contributed by atoms with E-state index in [1.54, 1.807) is 26.0 Å². The molecule has 1 aliphatic heterocycles. The molecule has 1 aromatic carbocycles. The molecule has 2 rings (SSSR count). The van der Waals surface area contributed by atoms with Gasteiger partial charge in [0.15, 0.2) is 0 Å². The number of esters is 3. The largest absolute Gasteiger partial charge is 0.466 e.